The van der Waals surface area contributed by atoms with Gasteiger partial charge in [-0.2, -0.15) is 22.0 Å². The highest BCUT2D eigenvalue weighted by Crippen LogP contribution is 2.47. The molecular weight excluding hydrogens is 545 g/mol. The maximum Gasteiger partial charge on any atom is 0.412 e. The van der Waals surface area contributed by atoms with Crippen LogP contribution in [0.1, 0.15) is 115 Å². The Kier molecular flexibility index (Phi) is 10.8. The molecule has 1 aromatic carbocycles. The molecule has 0 N–H and O–H groups in total. The minimum atomic E-state index is -4.71. The molecule has 0 saturated heterocycles. The van der Waals surface area contributed by atoms with Crippen LogP contribution in [0.2, 0.25) is 0 Å². The average molecular weight is 591 g/mol. The van der Waals surface area contributed by atoms with Gasteiger partial charge in [0.15, 0.2) is 0 Å². The Morgan fingerprint density at radius 3 is 2.00 bits per heavy atom. The zero-order valence-corrected chi connectivity index (χ0v) is 24.3. The van der Waals surface area contributed by atoms with E-state index in [-0.39, 0.29) is 30.6 Å². The minimum Gasteiger partial charge on any atom is -0.432 e. The van der Waals surface area contributed by atoms with Gasteiger partial charge in [-0.25, -0.2) is 8.78 Å². The van der Waals surface area contributed by atoms with Gasteiger partial charge in [-0.15, -0.1) is 0 Å². The van der Waals surface area contributed by atoms with E-state index in [2.05, 4.69) is 13.8 Å². The van der Waals surface area contributed by atoms with Gasteiger partial charge < -0.3 is 4.74 Å². The lowest BCUT2D eigenvalue weighted by Gasteiger charge is -2.40. The molecule has 0 aliphatic heterocycles. The number of hydrogen-bond donors (Lipinski definition) is 0. The van der Waals surface area contributed by atoms with E-state index in [1.807, 2.05) is 0 Å². The number of alkyl halides is 5. The Hall–Kier alpha value is -1.73. The second-order valence-electron chi connectivity index (χ2n) is 13.0. The topological polar surface area (TPSA) is 9.23 Å². The van der Waals surface area contributed by atoms with Crippen LogP contribution in [0.5, 0.6) is 5.75 Å². The van der Waals surface area contributed by atoms with Gasteiger partial charge in [-0.05, 0) is 118 Å². The van der Waals surface area contributed by atoms with Crippen LogP contribution in [-0.4, -0.2) is 12.3 Å². The Balaban J connectivity index is 1.26. The van der Waals surface area contributed by atoms with Crippen molar-refractivity contribution in [2.24, 2.45) is 35.5 Å². The van der Waals surface area contributed by atoms with Crippen LogP contribution in [0.25, 0.3) is 0 Å². The van der Waals surface area contributed by atoms with Gasteiger partial charge in [0.1, 0.15) is 17.4 Å². The SMILES string of the molecule is CCCC(C)C1CCC(C2CCC(C(F)(F)Oc3ccc(C4CCC(/C(F)=C/C(F)(F)F)CC4)c(F)c3)CC2)CC1. The summed E-state index contributed by atoms with van der Waals surface area (Å²) in [6.07, 6.45) is 2.30. The highest BCUT2D eigenvalue weighted by Gasteiger charge is 2.45. The molecule has 1 atom stereocenters. The molecule has 0 amide bonds. The number of ether oxygens (including phenoxy) is 1. The van der Waals surface area contributed by atoms with E-state index < -0.39 is 35.8 Å². The van der Waals surface area contributed by atoms with E-state index in [1.54, 1.807) is 0 Å². The number of halogens is 7. The quantitative estimate of drug-likeness (QED) is 0.260. The fraction of sp³-hybridized carbons (Fsp3) is 0.758. The first kappa shape index (κ1) is 32.2. The molecule has 0 spiro atoms. The lowest BCUT2D eigenvalue weighted by molar-refractivity contribution is -0.224. The first-order valence-electron chi connectivity index (χ1n) is 15.7. The Morgan fingerprint density at radius 1 is 0.878 bits per heavy atom. The summed E-state index contributed by atoms with van der Waals surface area (Å²) in [6, 6.07) is 3.73. The van der Waals surface area contributed by atoms with Gasteiger partial charge in [0.05, 0.1) is 12.0 Å². The highest BCUT2D eigenvalue weighted by molar-refractivity contribution is 5.32. The van der Waals surface area contributed by atoms with E-state index in [4.69, 9.17) is 4.74 Å². The van der Waals surface area contributed by atoms with Gasteiger partial charge in [-0.3, -0.25) is 0 Å². The highest BCUT2D eigenvalue weighted by atomic mass is 19.4. The van der Waals surface area contributed by atoms with Gasteiger partial charge in [0, 0.05) is 12.0 Å². The Morgan fingerprint density at radius 2 is 1.46 bits per heavy atom. The largest absolute Gasteiger partial charge is 0.432 e. The second-order valence-corrected chi connectivity index (χ2v) is 13.0. The van der Waals surface area contributed by atoms with Crippen molar-refractivity contribution < 1.29 is 35.5 Å². The molecule has 3 fully saturated rings. The zero-order valence-electron chi connectivity index (χ0n) is 24.3. The van der Waals surface area contributed by atoms with E-state index in [0.717, 1.165) is 30.7 Å². The lowest BCUT2D eigenvalue weighted by Crippen LogP contribution is -2.38. The minimum absolute atomic E-state index is 0.168. The Labute approximate surface area is 240 Å². The maximum atomic E-state index is 15.1. The van der Waals surface area contributed by atoms with E-state index in [9.17, 15) is 22.0 Å². The van der Waals surface area contributed by atoms with Crippen LogP contribution >= 0.6 is 0 Å². The first-order chi connectivity index (χ1) is 19.4. The monoisotopic (exact) mass is 590 g/mol. The van der Waals surface area contributed by atoms with Crippen LogP contribution in [0.4, 0.5) is 30.7 Å². The molecule has 1 nitrogen and oxygen atoms in total. The molecular formula is C33H45F7O. The predicted octanol–water partition coefficient (Wildman–Crippen LogP) is 11.5. The van der Waals surface area contributed by atoms with Crippen molar-refractivity contribution in [3.05, 3.63) is 41.5 Å². The average Bonchev–Trinajstić information content (AvgIpc) is 2.92. The number of benzene rings is 1. The molecule has 3 aliphatic rings. The molecule has 3 saturated carbocycles. The molecule has 0 aromatic heterocycles. The number of allylic oxidation sites excluding steroid dienone is 2. The number of rotatable bonds is 9. The molecule has 0 radical (unpaired) electrons. The fourth-order valence-corrected chi connectivity index (χ4v) is 7.90. The van der Waals surface area contributed by atoms with E-state index in [1.165, 1.54) is 50.7 Å². The molecule has 3 aliphatic carbocycles. The summed E-state index contributed by atoms with van der Waals surface area (Å²) in [5.74, 6) is -1.47. The van der Waals surface area contributed by atoms with Gasteiger partial charge in [0.2, 0.25) is 0 Å². The summed E-state index contributed by atoms with van der Waals surface area (Å²) in [4.78, 5) is 0. The molecule has 41 heavy (non-hydrogen) atoms. The van der Waals surface area contributed by atoms with Gasteiger partial charge >= 0.3 is 12.3 Å². The summed E-state index contributed by atoms with van der Waals surface area (Å²) < 4.78 is 102. The summed E-state index contributed by atoms with van der Waals surface area (Å²) in [5, 5.41) is 0. The summed E-state index contributed by atoms with van der Waals surface area (Å²) in [7, 11) is 0. The Bertz CT molecular complexity index is 995. The molecule has 1 unspecified atom stereocenters. The van der Waals surface area contributed by atoms with Crippen molar-refractivity contribution >= 4 is 0 Å². The van der Waals surface area contributed by atoms with Crippen molar-refractivity contribution in [3.63, 3.8) is 0 Å². The zero-order chi connectivity index (χ0) is 29.8. The summed E-state index contributed by atoms with van der Waals surface area (Å²) in [5.41, 5.74) is 0.304. The van der Waals surface area contributed by atoms with Crippen LogP contribution in [0.15, 0.2) is 30.1 Å². The molecule has 0 heterocycles. The van der Waals surface area contributed by atoms with Gasteiger partial charge in [-0.1, -0.05) is 32.8 Å². The van der Waals surface area contributed by atoms with Crippen LogP contribution < -0.4 is 4.74 Å². The van der Waals surface area contributed by atoms with E-state index >= 15 is 8.78 Å². The van der Waals surface area contributed by atoms with Crippen molar-refractivity contribution in [3.8, 4) is 5.75 Å². The molecule has 1 aromatic rings. The first-order valence-corrected chi connectivity index (χ1v) is 15.7. The summed E-state index contributed by atoms with van der Waals surface area (Å²) in [6.45, 7) is 4.59. The third kappa shape index (κ3) is 8.65. The maximum absolute atomic E-state index is 15.1. The third-order valence-electron chi connectivity index (χ3n) is 10.4. The van der Waals surface area contributed by atoms with Gasteiger partial charge in [0.25, 0.3) is 0 Å². The van der Waals surface area contributed by atoms with Crippen molar-refractivity contribution in [1.82, 2.24) is 0 Å². The molecule has 0 bridgehead atoms. The lowest BCUT2D eigenvalue weighted by atomic mass is 9.67. The standard InChI is InChI=1S/C33H45F7O/c1-3-4-21(2)22-5-7-23(8-6-22)24-13-15-27(16-14-24)33(39,40)41-28-17-18-29(30(34)19-28)25-9-11-26(12-10-25)31(35)20-32(36,37)38/h17-27H,3-16H2,1-2H3/b31-20-. The van der Waals surface area contributed by atoms with Crippen molar-refractivity contribution in [2.75, 3.05) is 0 Å². The van der Waals surface area contributed by atoms with Crippen LogP contribution in [0.3, 0.4) is 0 Å². The fourth-order valence-electron chi connectivity index (χ4n) is 7.90. The normalized spacial score (nSPS) is 31.1. The third-order valence-corrected chi connectivity index (χ3v) is 10.4. The summed E-state index contributed by atoms with van der Waals surface area (Å²) >= 11 is 0. The van der Waals surface area contributed by atoms with Crippen molar-refractivity contribution in [1.29, 1.82) is 0 Å². The molecule has 232 valence electrons. The van der Waals surface area contributed by atoms with E-state index in [0.29, 0.717) is 43.1 Å². The molecule has 8 heteroatoms. The van der Waals surface area contributed by atoms with Crippen LogP contribution in [0, 0.1) is 41.3 Å². The molecule has 4 rings (SSSR count). The predicted molar refractivity (Wildman–Crippen MR) is 147 cm³/mol. The van der Waals surface area contributed by atoms with Crippen LogP contribution in [-0.2, 0) is 0 Å². The van der Waals surface area contributed by atoms with Crippen molar-refractivity contribution in [2.45, 2.75) is 122 Å². The smallest absolute Gasteiger partial charge is 0.412 e. The number of hydrogen-bond acceptors (Lipinski definition) is 1. The second kappa shape index (κ2) is 13.7.